The molecule has 1 aliphatic heterocycles. The van der Waals surface area contributed by atoms with Crippen molar-refractivity contribution in [1.82, 2.24) is 4.57 Å². The second-order valence-electron chi connectivity index (χ2n) is 4.08. The van der Waals surface area contributed by atoms with E-state index in [1.807, 2.05) is 0 Å². The highest BCUT2D eigenvalue weighted by Crippen LogP contribution is 2.35. The SMILES string of the molecule is Cc1c(C(F)(F)F)cc2n1CC(O)C(O)C2. The van der Waals surface area contributed by atoms with Gasteiger partial charge in [0.25, 0.3) is 0 Å². The number of nitrogens with zero attached hydrogens (tertiary/aromatic N) is 1. The third kappa shape index (κ3) is 1.72. The molecule has 0 saturated carbocycles. The summed E-state index contributed by atoms with van der Waals surface area (Å²) in [5, 5.41) is 18.8. The van der Waals surface area contributed by atoms with Gasteiger partial charge in [-0.1, -0.05) is 0 Å². The fourth-order valence-corrected chi connectivity index (χ4v) is 2.08. The maximum atomic E-state index is 12.6. The first-order chi connectivity index (χ1) is 7.30. The number of halogens is 3. The molecule has 2 atom stereocenters. The molecule has 2 heterocycles. The average molecular weight is 235 g/mol. The first kappa shape index (κ1) is 11.5. The summed E-state index contributed by atoms with van der Waals surface area (Å²) in [4.78, 5) is 0. The number of hydrogen-bond donors (Lipinski definition) is 2. The Morgan fingerprint density at radius 3 is 2.50 bits per heavy atom. The Hall–Kier alpha value is -1.01. The van der Waals surface area contributed by atoms with Crippen molar-refractivity contribution in [3.8, 4) is 0 Å². The van der Waals surface area contributed by atoms with Crippen molar-refractivity contribution in [3.63, 3.8) is 0 Å². The molecule has 1 aromatic rings. The van der Waals surface area contributed by atoms with Crippen LogP contribution in [-0.4, -0.2) is 27.0 Å². The number of aliphatic hydroxyl groups is 2. The van der Waals surface area contributed by atoms with E-state index in [0.29, 0.717) is 5.69 Å². The molecule has 0 aromatic carbocycles. The molecule has 2 rings (SSSR count). The van der Waals surface area contributed by atoms with Crippen LogP contribution < -0.4 is 0 Å². The third-order valence-electron chi connectivity index (χ3n) is 2.99. The van der Waals surface area contributed by atoms with Crippen LogP contribution >= 0.6 is 0 Å². The van der Waals surface area contributed by atoms with Crippen molar-refractivity contribution in [2.45, 2.75) is 38.3 Å². The lowest BCUT2D eigenvalue weighted by atomic mass is 10.0. The Labute approximate surface area is 90.1 Å². The summed E-state index contributed by atoms with van der Waals surface area (Å²) in [6.45, 7) is 1.38. The molecule has 90 valence electrons. The molecular weight excluding hydrogens is 223 g/mol. The molecule has 2 N–H and O–H groups in total. The number of hydrogen-bond acceptors (Lipinski definition) is 2. The minimum absolute atomic E-state index is 0.0123. The highest BCUT2D eigenvalue weighted by atomic mass is 19.4. The molecule has 6 heteroatoms. The van der Waals surface area contributed by atoms with Crippen molar-refractivity contribution < 1.29 is 23.4 Å². The van der Waals surface area contributed by atoms with Crippen LogP contribution in [0.2, 0.25) is 0 Å². The molecule has 0 saturated heterocycles. The lowest BCUT2D eigenvalue weighted by Gasteiger charge is -2.26. The predicted molar refractivity (Wildman–Crippen MR) is 49.9 cm³/mol. The summed E-state index contributed by atoms with van der Waals surface area (Å²) in [5.41, 5.74) is -0.181. The van der Waals surface area contributed by atoms with Crippen LogP contribution in [-0.2, 0) is 19.1 Å². The van der Waals surface area contributed by atoms with E-state index in [1.54, 1.807) is 0 Å². The van der Waals surface area contributed by atoms with Gasteiger partial charge in [-0.2, -0.15) is 13.2 Å². The van der Waals surface area contributed by atoms with Gasteiger partial charge in [0.15, 0.2) is 0 Å². The minimum atomic E-state index is -4.38. The molecule has 0 spiro atoms. The topological polar surface area (TPSA) is 45.4 Å². The molecule has 0 radical (unpaired) electrons. The van der Waals surface area contributed by atoms with Crippen molar-refractivity contribution in [2.24, 2.45) is 0 Å². The summed E-state index contributed by atoms with van der Waals surface area (Å²) in [5.74, 6) is 0. The molecular formula is C10H12F3NO2. The predicted octanol–water partition coefficient (Wildman–Crippen LogP) is 1.09. The van der Waals surface area contributed by atoms with Gasteiger partial charge in [0.2, 0.25) is 0 Å². The maximum absolute atomic E-state index is 12.6. The average Bonchev–Trinajstić information content (AvgIpc) is 2.45. The fourth-order valence-electron chi connectivity index (χ4n) is 2.08. The number of rotatable bonds is 0. The van der Waals surface area contributed by atoms with Crippen molar-refractivity contribution >= 4 is 0 Å². The van der Waals surface area contributed by atoms with Gasteiger partial charge in [-0.05, 0) is 13.0 Å². The van der Waals surface area contributed by atoms with Gasteiger partial charge in [0.05, 0.1) is 24.3 Å². The van der Waals surface area contributed by atoms with Crippen LogP contribution in [0.3, 0.4) is 0 Å². The fraction of sp³-hybridized carbons (Fsp3) is 0.600. The monoisotopic (exact) mass is 235 g/mol. The van der Waals surface area contributed by atoms with Crippen LogP contribution in [0.25, 0.3) is 0 Å². The van der Waals surface area contributed by atoms with Crippen LogP contribution in [0.1, 0.15) is 17.0 Å². The molecule has 3 nitrogen and oxygen atoms in total. The number of aliphatic hydroxyl groups excluding tert-OH is 2. The van der Waals surface area contributed by atoms with E-state index >= 15 is 0 Å². The van der Waals surface area contributed by atoms with E-state index in [0.717, 1.165) is 6.07 Å². The molecule has 0 amide bonds. The first-order valence-electron chi connectivity index (χ1n) is 4.93. The highest BCUT2D eigenvalue weighted by molar-refractivity contribution is 5.31. The largest absolute Gasteiger partial charge is 0.418 e. The van der Waals surface area contributed by atoms with E-state index in [1.165, 1.54) is 11.5 Å². The van der Waals surface area contributed by atoms with E-state index in [4.69, 9.17) is 0 Å². The van der Waals surface area contributed by atoms with Crippen LogP contribution in [0, 0.1) is 6.92 Å². The van der Waals surface area contributed by atoms with Gasteiger partial charge < -0.3 is 14.8 Å². The zero-order chi connectivity index (χ0) is 12.1. The van der Waals surface area contributed by atoms with Gasteiger partial charge in [-0.25, -0.2) is 0 Å². The molecule has 2 unspecified atom stereocenters. The third-order valence-corrected chi connectivity index (χ3v) is 2.99. The van der Waals surface area contributed by atoms with Crippen molar-refractivity contribution in [2.75, 3.05) is 0 Å². The summed E-state index contributed by atoms with van der Waals surface area (Å²) in [6, 6.07) is 1.05. The normalized spacial score (nSPS) is 25.6. The lowest BCUT2D eigenvalue weighted by molar-refractivity contribution is -0.138. The quantitative estimate of drug-likeness (QED) is 0.707. The Kier molecular flexibility index (Phi) is 2.51. The van der Waals surface area contributed by atoms with E-state index in [2.05, 4.69) is 0 Å². The van der Waals surface area contributed by atoms with E-state index < -0.39 is 23.9 Å². The molecule has 0 bridgehead atoms. The molecule has 1 aromatic heterocycles. The lowest BCUT2D eigenvalue weighted by Crippen LogP contribution is -2.37. The van der Waals surface area contributed by atoms with Crippen molar-refractivity contribution in [1.29, 1.82) is 0 Å². The second-order valence-corrected chi connectivity index (χ2v) is 4.08. The number of aromatic nitrogens is 1. The van der Waals surface area contributed by atoms with Gasteiger partial charge in [-0.3, -0.25) is 0 Å². The standard InChI is InChI=1S/C10H12F3NO2/c1-5-7(10(11,12)13)2-6-3-8(15)9(16)4-14(5)6/h2,8-9,15-16H,3-4H2,1H3. The summed E-state index contributed by atoms with van der Waals surface area (Å²) in [6.07, 6.45) is -6.31. The Bertz CT molecular complexity index is 411. The molecule has 0 fully saturated rings. The minimum Gasteiger partial charge on any atom is -0.390 e. The molecule has 0 aliphatic carbocycles. The van der Waals surface area contributed by atoms with Crippen LogP contribution in [0.15, 0.2) is 6.07 Å². The van der Waals surface area contributed by atoms with Crippen LogP contribution in [0.5, 0.6) is 0 Å². The van der Waals surface area contributed by atoms with Gasteiger partial charge >= 0.3 is 6.18 Å². The second kappa shape index (κ2) is 3.49. The summed E-state index contributed by atoms with van der Waals surface area (Å²) >= 11 is 0. The smallest absolute Gasteiger partial charge is 0.390 e. The van der Waals surface area contributed by atoms with E-state index in [9.17, 15) is 23.4 Å². The Morgan fingerprint density at radius 2 is 1.94 bits per heavy atom. The van der Waals surface area contributed by atoms with Gasteiger partial charge in [0, 0.05) is 17.8 Å². The van der Waals surface area contributed by atoms with Gasteiger partial charge in [-0.15, -0.1) is 0 Å². The number of fused-ring (bicyclic) bond motifs is 1. The first-order valence-corrected chi connectivity index (χ1v) is 4.93. The Morgan fingerprint density at radius 1 is 1.31 bits per heavy atom. The van der Waals surface area contributed by atoms with E-state index in [-0.39, 0.29) is 18.7 Å². The zero-order valence-electron chi connectivity index (χ0n) is 8.62. The van der Waals surface area contributed by atoms with Crippen LogP contribution in [0.4, 0.5) is 13.2 Å². The van der Waals surface area contributed by atoms with Gasteiger partial charge in [0.1, 0.15) is 0 Å². The highest BCUT2D eigenvalue weighted by Gasteiger charge is 2.37. The maximum Gasteiger partial charge on any atom is 0.418 e. The molecule has 16 heavy (non-hydrogen) atoms. The van der Waals surface area contributed by atoms with Crippen molar-refractivity contribution in [3.05, 3.63) is 23.0 Å². The zero-order valence-corrected chi connectivity index (χ0v) is 8.62. The molecule has 1 aliphatic rings. The number of alkyl halides is 3. The Balaban J connectivity index is 2.46. The summed E-state index contributed by atoms with van der Waals surface area (Å²) < 4.78 is 39.2. The summed E-state index contributed by atoms with van der Waals surface area (Å²) in [7, 11) is 0.